The van der Waals surface area contributed by atoms with Crippen LogP contribution in [0.25, 0.3) is 11.4 Å². The number of anilines is 1. The van der Waals surface area contributed by atoms with E-state index < -0.39 is 0 Å². The van der Waals surface area contributed by atoms with Gasteiger partial charge >= 0.3 is 0 Å². The fraction of sp³-hybridized carbons (Fsp3) is 0.375. The Balaban J connectivity index is 1.30. The lowest BCUT2D eigenvalue weighted by atomic mass is 10.1. The lowest BCUT2D eigenvalue weighted by Crippen LogP contribution is -2.49. The highest BCUT2D eigenvalue weighted by molar-refractivity contribution is 5.76. The Morgan fingerprint density at radius 2 is 1.87 bits per heavy atom. The molecule has 7 nitrogen and oxygen atoms in total. The number of hydrogen-bond donors (Lipinski definition) is 0. The van der Waals surface area contributed by atoms with Gasteiger partial charge in [0.15, 0.2) is 0 Å². The summed E-state index contributed by atoms with van der Waals surface area (Å²) in [5.74, 6) is 1.84. The molecule has 0 unspecified atom stereocenters. The number of hydrogen-bond acceptors (Lipinski definition) is 6. The zero-order chi connectivity index (χ0) is 21.8. The topological polar surface area (TPSA) is 71.7 Å². The van der Waals surface area contributed by atoms with Crippen molar-refractivity contribution in [2.75, 3.05) is 38.2 Å². The van der Waals surface area contributed by atoms with Gasteiger partial charge in [0.1, 0.15) is 5.75 Å². The molecule has 4 rings (SSSR count). The first-order chi connectivity index (χ1) is 15.0. The minimum atomic E-state index is 0.127. The number of rotatable bonds is 6. The molecule has 162 valence electrons. The van der Waals surface area contributed by atoms with Crippen LogP contribution in [0.15, 0.2) is 47.0 Å². The van der Waals surface area contributed by atoms with Crippen molar-refractivity contribution < 1.29 is 14.1 Å². The summed E-state index contributed by atoms with van der Waals surface area (Å²) in [5, 5.41) is 4.04. The van der Waals surface area contributed by atoms with Crippen molar-refractivity contribution in [1.29, 1.82) is 0 Å². The van der Waals surface area contributed by atoms with Gasteiger partial charge in [0.25, 0.3) is 0 Å². The van der Waals surface area contributed by atoms with Gasteiger partial charge < -0.3 is 19.1 Å². The van der Waals surface area contributed by atoms with Crippen molar-refractivity contribution in [3.8, 4) is 17.1 Å². The normalized spacial score (nSPS) is 14.0. The molecular weight excluding hydrogens is 392 g/mol. The minimum absolute atomic E-state index is 0.127. The smallest absolute Gasteiger partial charge is 0.227 e. The fourth-order valence-corrected chi connectivity index (χ4v) is 3.88. The Kier molecular flexibility index (Phi) is 6.21. The number of amides is 1. The standard InChI is InChI=1S/C24H28N4O3/c1-17-6-4-9-21(18(17)2)27-12-14-28(15-13-27)23(29)11-10-22-25-24(26-31-22)19-7-5-8-20(16-19)30-3/h4-9,16H,10-15H2,1-3H3. The van der Waals surface area contributed by atoms with Gasteiger partial charge in [-0.05, 0) is 43.2 Å². The summed E-state index contributed by atoms with van der Waals surface area (Å²) in [6, 6.07) is 13.9. The van der Waals surface area contributed by atoms with Gasteiger partial charge in [0.2, 0.25) is 17.6 Å². The van der Waals surface area contributed by atoms with E-state index in [0.29, 0.717) is 24.6 Å². The second-order valence-corrected chi connectivity index (χ2v) is 7.83. The van der Waals surface area contributed by atoms with Crippen LogP contribution in [0.5, 0.6) is 5.75 Å². The maximum atomic E-state index is 12.7. The number of carbonyl (C=O) groups excluding carboxylic acids is 1. The maximum absolute atomic E-state index is 12.7. The van der Waals surface area contributed by atoms with Crippen molar-refractivity contribution in [2.45, 2.75) is 26.7 Å². The van der Waals surface area contributed by atoms with Crippen molar-refractivity contribution in [2.24, 2.45) is 0 Å². The number of carbonyl (C=O) groups is 1. The molecule has 2 heterocycles. The van der Waals surface area contributed by atoms with E-state index in [1.165, 1.54) is 16.8 Å². The van der Waals surface area contributed by atoms with E-state index >= 15 is 0 Å². The van der Waals surface area contributed by atoms with Gasteiger partial charge in [0, 0.05) is 50.3 Å². The Labute approximate surface area is 182 Å². The van der Waals surface area contributed by atoms with E-state index in [4.69, 9.17) is 9.26 Å². The molecule has 3 aromatic rings. The highest BCUT2D eigenvalue weighted by Crippen LogP contribution is 2.24. The first-order valence-electron chi connectivity index (χ1n) is 10.6. The molecular formula is C24H28N4O3. The quantitative estimate of drug-likeness (QED) is 0.606. The summed E-state index contributed by atoms with van der Waals surface area (Å²) >= 11 is 0. The average molecular weight is 421 g/mol. The molecule has 0 radical (unpaired) electrons. The molecule has 1 aliphatic heterocycles. The lowest BCUT2D eigenvalue weighted by molar-refractivity contribution is -0.131. The monoisotopic (exact) mass is 420 g/mol. The van der Waals surface area contributed by atoms with E-state index in [1.807, 2.05) is 29.2 Å². The van der Waals surface area contributed by atoms with Crippen LogP contribution >= 0.6 is 0 Å². The van der Waals surface area contributed by atoms with E-state index in [9.17, 15) is 4.79 Å². The first kappa shape index (κ1) is 20.9. The molecule has 0 saturated carbocycles. The van der Waals surface area contributed by atoms with Crippen molar-refractivity contribution in [3.05, 3.63) is 59.5 Å². The summed E-state index contributed by atoms with van der Waals surface area (Å²) in [6.07, 6.45) is 0.802. The number of piperazine rings is 1. The molecule has 7 heteroatoms. The number of ether oxygens (including phenoxy) is 1. The third-order valence-corrected chi connectivity index (χ3v) is 5.90. The molecule has 0 N–H and O–H groups in total. The fourth-order valence-electron chi connectivity index (χ4n) is 3.88. The van der Waals surface area contributed by atoms with Gasteiger partial charge in [-0.15, -0.1) is 0 Å². The molecule has 1 aromatic heterocycles. The van der Waals surface area contributed by atoms with Crippen LogP contribution < -0.4 is 9.64 Å². The summed E-state index contributed by atoms with van der Waals surface area (Å²) in [7, 11) is 1.62. The summed E-state index contributed by atoms with van der Waals surface area (Å²) < 4.78 is 10.6. The zero-order valence-corrected chi connectivity index (χ0v) is 18.3. The van der Waals surface area contributed by atoms with Gasteiger partial charge in [-0.25, -0.2) is 0 Å². The highest BCUT2D eigenvalue weighted by Gasteiger charge is 2.23. The summed E-state index contributed by atoms with van der Waals surface area (Å²) in [6.45, 7) is 7.44. The average Bonchev–Trinajstić information content (AvgIpc) is 3.29. The van der Waals surface area contributed by atoms with Crippen molar-refractivity contribution >= 4 is 11.6 Å². The van der Waals surface area contributed by atoms with E-state index in [2.05, 4.69) is 47.1 Å². The van der Waals surface area contributed by atoms with Gasteiger partial charge in [-0.3, -0.25) is 4.79 Å². The SMILES string of the molecule is COc1cccc(-c2noc(CCC(=O)N3CCN(c4cccc(C)c4C)CC3)n2)c1. The number of aryl methyl sites for hydroxylation is 2. The molecule has 1 fully saturated rings. The molecule has 2 aromatic carbocycles. The number of aromatic nitrogens is 2. The van der Waals surface area contributed by atoms with Crippen molar-refractivity contribution in [3.63, 3.8) is 0 Å². The van der Waals surface area contributed by atoms with Crippen LogP contribution in [-0.4, -0.2) is 54.2 Å². The second kappa shape index (κ2) is 9.20. The Bertz CT molecular complexity index is 1050. The maximum Gasteiger partial charge on any atom is 0.227 e. The summed E-state index contributed by atoms with van der Waals surface area (Å²) in [4.78, 5) is 21.4. The van der Waals surface area contributed by atoms with Crippen LogP contribution in [0.3, 0.4) is 0 Å². The van der Waals surface area contributed by atoms with Gasteiger partial charge in [-0.2, -0.15) is 4.98 Å². The Morgan fingerprint density at radius 1 is 1.10 bits per heavy atom. The number of methoxy groups -OCH3 is 1. The molecule has 1 aliphatic rings. The van der Waals surface area contributed by atoms with Crippen LogP contribution in [0, 0.1) is 13.8 Å². The third kappa shape index (κ3) is 4.71. The van der Waals surface area contributed by atoms with E-state index in [0.717, 1.165) is 37.5 Å². The number of nitrogens with zero attached hydrogens (tertiary/aromatic N) is 4. The largest absolute Gasteiger partial charge is 0.497 e. The second-order valence-electron chi connectivity index (χ2n) is 7.83. The van der Waals surface area contributed by atoms with Gasteiger partial charge in [-0.1, -0.05) is 29.4 Å². The van der Waals surface area contributed by atoms with Crippen LogP contribution in [0.1, 0.15) is 23.4 Å². The van der Waals surface area contributed by atoms with Crippen LogP contribution in [0.2, 0.25) is 0 Å². The minimum Gasteiger partial charge on any atom is -0.497 e. The first-order valence-corrected chi connectivity index (χ1v) is 10.6. The van der Waals surface area contributed by atoms with Crippen LogP contribution in [0.4, 0.5) is 5.69 Å². The predicted molar refractivity (Wildman–Crippen MR) is 119 cm³/mol. The Hall–Kier alpha value is -3.35. The Morgan fingerprint density at radius 3 is 2.65 bits per heavy atom. The molecule has 31 heavy (non-hydrogen) atoms. The molecule has 0 atom stereocenters. The van der Waals surface area contributed by atoms with Crippen LogP contribution in [-0.2, 0) is 11.2 Å². The molecule has 1 amide bonds. The predicted octanol–water partition coefficient (Wildman–Crippen LogP) is 3.64. The highest BCUT2D eigenvalue weighted by atomic mass is 16.5. The zero-order valence-electron chi connectivity index (χ0n) is 18.3. The summed E-state index contributed by atoms with van der Waals surface area (Å²) in [5.41, 5.74) is 4.70. The molecule has 0 spiro atoms. The van der Waals surface area contributed by atoms with E-state index in [-0.39, 0.29) is 5.91 Å². The lowest BCUT2D eigenvalue weighted by Gasteiger charge is -2.37. The third-order valence-electron chi connectivity index (χ3n) is 5.90. The van der Waals surface area contributed by atoms with E-state index in [1.54, 1.807) is 7.11 Å². The van der Waals surface area contributed by atoms with Gasteiger partial charge in [0.05, 0.1) is 7.11 Å². The molecule has 0 bridgehead atoms. The molecule has 0 aliphatic carbocycles. The number of benzene rings is 2. The van der Waals surface area contributed by atoms with Crippen molar-refractivity contribution in [1.82, 2.24) is 15.0 Å². The molecule has 1 saturated heterocycles.